The highest BCUT2D eigenvalue weighted by Crippen LogP contribution is 2.24. The van der Waals surface area contributed by atoms with Crippen LogP contribution in [-0.4, -0.2) is 50.7 Å². The molecule has 0 unspecified atom stereocenters. The van der Waals surface area contributed by atoms with Gasteiger partial charge in [0.05, 0.1) is 25.5 Å². The predicted molar refractivity (Wildman–Crippen MR) is 123 cm³/mol. The summed E-state index contributed by atoms with van der Waals surface area (Å²) in [5.74, 6) is 1.68. The molecule has 0 fully saturated rings. The molecule has 9 nitrogen and oxygen atoms in total. The fraction of sp³-hybridized carbons (Fsp3) is 0.500. The lowest BCUT2D eigenvalue weighted by Crippen LogP contribution is -2.34. The zero-order chi connectivity index (χ0) is 22.4. The Hall–Kier alpha value is -2.91. The number of benzene rings is 1. The third-order valence-corrected chi connectivity index (χ3v) is 4.82. The maximum atomic E-state index is 9.84. The minimum Gasteiger partial charge on any atom is -0.496 e. The number of nitrogens with two attached hydrogens (primary N) is 1. The van der Waals surface area contributed by atoms with Gasteiger partial charge in [-0.25, -0.2) is 4.98 Å². The van der Waals surface area contributed by atoms with Gasteiger partial charge in [-0.2, -0.15) is 10.1 Å². The highest BCUT2D eigenvalue weighted by molar-refractivity contribution is 5.85. The molecule has 0 bridgehead atoms. The summed E-state index contributed by atoms with van der Waals surface area (Å²) in [6.45, 7) is 8.20. The van der Waals surface area contributed by atoms with Crippen LogP contribution in [0.1, 0.15) is 44.7 Å². The molecule has 168 valence electrons. The van der Waals surface area contributed by atoms with E-state index in [9.17, 15) is 5.11 Å². The van der Waals surface area contributed by atoms with Crippen LogP contribution in [0.2, 0.25) is 0 Å². The zero-order valence-corrected chi connectivity index (χ0v) is 18.8. The molecule has 31 heavy (non-hydrogen) atoms. The highest BCUT2D eigenvalue weighted by atomic mass is 16.5. The summed E-state index contributed by atoms with van der Waals surface area (Å²) < 4.78 is 7.44. The van der Waals surface area contributed by atoms with E-state index in [1.165, 1.54) is 0 Å². The molecule has 0 atom stereocenters. The van der Waals surface area contributed by atoms with Gasteiger partial charge in [-0.05, 0) is 31.9 Å². The summed E-state index contributed by atoms with van der Waals surface area (Å²) in [6, 6.07) is 6.09. The molecule has 2 aromatic heterocycles. The van der Waals surface area contributed by atoms with Crippen molar-refractivity contribution in [3.8, 4) is 5.75 Å². The molecule has 0 amide bonds. The maximum absolute atomic E-state index is 9.84. The van der Waals surface area contributed by atoms with Gasteiger partial charge < -0.3 is 26.2 Å². The molecule has 0 aliphatic rings. The van der Waals surface area contributed by atoms with E-state index in [-0.39, 0.29) is 5.95 Å². The molecule has 0 aliphatic carbocycles. The lowest BCUT2D eigenvalue weighted by Gasteiger charge is -2.18. The quantitative estimate of drug-likeness (QED) is 0.344. The van der Waals surface area contributed by atoms with Crippen LogP contribution in [0.25, 0.3) is 11.0 Å². The average molecular weight is 428 g/mol. The summed E-state index contributed by atoms with van der Waals surface area (Å²) >= 11 is 0. The minimum atomic E-state index is -0.747. The van der Waals surface area contributed by atoms with E-state index >= 15 is 0 Å². The van der Waals surface area contributed by atoms with Crippen molar-refractivity contribution in [1.29, 1.82) is 0 Å². The second-order valence-electron chi connectivity index (χ2n) is 8.33. The number of nitrogens with zero attached hydrogens (tertiary/aromatic N) is 4. The van der Waals surface area contributed by atoms with Gasteiger partial charge in [-0.15, -0.1) is 0 Å². The van der Waals surface area contributed by atoms with Gasteiger partial charge in [0.2, 0.25) is 5.95 Å². The number of nitrogens with one attached hydrogen (secondary N) is 2. The summed E-state index contributed by atoms with van der Waals surface area (Å²) in [5, 5.41) is 21.1. The molecule has 3 aromatic rings. The van der Waals surface area contributed by atoms with E-state index in [4.69, 9.17) is 10.5 Å². The van der Waals surface area contributed by atoms with E-state index in [1.807, 2.05) is 29.1 Å². The van der Waals surface area contributed by atoms with Crippen LogP contribution in [0.4, 0.5) is 11.8 Å². The smallest absolute Gasteiger partial charge is 0.222 e. The first-order chi connectivity index (χ1) is 14.8. The van der Waals surface area contributed by atoms with Gasteiger partial charge in [-0.3, -0.25) is 4.68 Å². The van der Waals surface area contributed by atoms with Gasteiger partial charge in [-0.1, -0.05) is 25.5 Å². The SMILES string of the molecule is CCCCNc1nc(N)nc2cn(Cc3ccc(CNCC(C)(C)O)cc3OC)nc12. The van der Waals surface area contributed by atoms with Gasteiger partial charge in [0.15, 0.2) is 11.3 Å². The van der Waals surface area contributed by atoms with Crippen molar-refractivity contribution in [1.82, 2.24) is 25.1 Å². The van der Waals surface area contributed by atoms with Gasteiger partial charge in [0, 0.05) is 25.2 Å². The Morgan fingerprint density at radius 1 is 1.26 bits per heavy atom. The third kappa shape index (κ3) is 6.28. The molecule has 0 saturated carbocycles. The Labute approximate surface area is 183 Å². The van der Waals surface area contributed by atoms with Crippen LogP contribution in [0.15, 0.2) is 24.4 Å². The fourth-order valence-electron chi connectivity index (χ4n) is 3.28. The number of hydrogen-bond acceptors (Lipinski definition) is 8. The number of anilines is 2. The molecule has 3 rings (SSSR count). The fourth-order valence-corrected chi connectivity index (χ4v) is 3.28. The van der Waals surface area contributed by atoms with Crippen LogP contribution in [-0.2, 0) is 13.1 Å². The molecular formula is C22H33N7O2. The molecule has 1 aromatic carbocycles. The second kappa shape index (κ2) is 9.93. The standard InChI is InChI=1S/C22H33N7O2/c1-5-6-9-25-20-19-17(26-21(23)27-20)13-29(28-19)12-16-8-7-15(10-18(16)31-4)11-24-14-22(2,3)30/h7-8,10,13,24,30H,5-6,9,11-12,14H2,1-4H3,(H3,23,25,26,27). The normalized spacial score (nSPS) is 11.8. The van der Waals surface area contributed by atoms with Crippen LogP contribution in [0.3, 0.4) is 0 Å². The minimum absolute atomic E-state index is 0.228. The van der Waals surface area contributed by atoms with E-state index in [0.717, 1.165) is 36.3 Å². The number of rotatable bonds is 11. The van der Waals surface area contributed by atoms with Crippen LogP contribution in [0, 0.1) is 0 Å². The van der Waals surface area contributed by atoms with Crippen molar-refractivity contribution >= 4 is 22.8 Å². The topological polar surface area (TPSA) is 123 Å². The Bertz CT molecular complexity index is 1010. The predicted octanol–water partition coefficient (Wildman–Crippen LogP) is 2.54. The monoisotopic (exact) mass is 427 g/mol. The Kier molecular flexibility index (Phi) is 7.29. The lowest BCUT2D eigenvalue weighted by molar-refractivity contribution is 0.0795. The van der Waals surface area contributed by atoms with Crippen LogP contribution in [0.5, 0.6) is 5.75 Å². The van der Waals surface area contributed by atoms with Crippen molar-refractivity contribution in [2.75, 3.05) is 31.2 Å². The molecule has 9 heteroatoms. The number of methoxy groups -OCH3 is 1. The number of ether oxygens (including phenoxy) is 1. The lowest BCUT2D eigenvalue weighted by atomic mass is 10.1. The molecule has 5 N–H and O–H groups in total. The Morgan fingerprint density at radius 3 is 2.77 bits per heavy atom. The van der Waals surface area contributed by atoms with Crippen molar-refractivity contribution in [3.63, 3.8) is 0 Å². The molecule has 0 saturated heterocycles. The van der Waals surface area contributed by atoms with Gasteiger partial charge in [0.25, 0.3) is 0 Å². The van der Waals surface area contributed by atoms with E-state index in [2.05, 4.69) is 32.6 Å². The van der Waals surface area contributed by atoms with Crippen molar-refractivity contribution in [2.24, 2.45) is 0 Å². The van der Waals surface area contributed by atoms with E-state index in [1.54, 1.807) is 21.0 Å². The summed E-state index contributed by atoms with van der Waals surface area (Å²) in [4.78, 5) is 8.64. The Morgan fingerprint density at radius 2 is 2.06 bits per heavy atom. The van der Waals surface area contributed by atoms with Crippen molar-refractivity contribution in [2.45, 2.75) is 52.3 Å². The first-order valence-electron chi connectivity index (χ1n) is 10.6. The number of fused-ring (bicyclic) bond motifs is 1. The molecule has 0 spiro atoms. The van der Waals surface area contributed by atoms with Gasteiger partial charge >= 0.3 is 0 Å². The average Bonchev–Trinajstić information content (AvgIpc) is 3.10. The van der Waals surface area contributed by atoms with Crippen molar-refractivity contribution < 1.29 is 9.84 Å². The highest BCUT2D eigenvalue weighted by Gasteiger charge is 2.14. The van der Waals surface area contributed by atoms with Crippen LogP contribution < -0.4 is 21.1 Å². The number of unbranched alkanes of at least 4 members (excludes halogenated alkanes) is 1. The maximum Gasteiger partial charge on any atom is 0.222 e. The molecule has 2 heterocycles. The van der Waals surface area contributed by atoms with E-state index < -0.39 is 5.60 Å². The number of nitrogen functional groups attached to an aromatic ring is 1. The van der Waals surface area contributed by atoms with Crippen molar-refractivity contribution in [3.05, 3.63) is 35.5 Å². The Balaban J connectivity index is 1.77. The molecule has 0 aliphatic heterocycles. The summed E-state index contributed by atoms with van der Waals surface area (Å²) in [7, 11) is 1.66. The largest absolute Gasteiger partial charge is 0.496 e. The third-order valence-electron chi connectivity index (χ3n) is 4.82. The summed E-state index contributed by atoms with van der Waals surface area (Å²) in [5.41, 5.74) is 8.63. The first-order valence-corrected chi connectivity index (χ1v) is 10.6. The molecule has 0 radical (unpaired) electrons. The van der Waals surface area contributed by atoms with Gasteiger partial charge in [0.1, 0.15) is 11.3 Å². The first kappa shape index (κ1) is 22.8. The second-order valence-corrected chi connectivity index (χ2v) is 8.33. The number of aromatic nitrogens is 4. The number of aliphatic hydroxyl groups is 1. The number of hydrogen-bond donors (Lipinski definition) is 4. The zero-order valence-electron chi connectivity index (χ0n) is 18.8. The molecular weight excluding hydrogens is 394 g/mol. The summed E-state index contributed by atoms with van der Waals surface area (Å²) in [6.07, 6.45) is 4.01. The van der Waals surface area contributed by atoms with E-state index in [0.29, 0.717) is 36.5 Å². The van der Waals surface area contributed by atoms with Crippen LogP contribution >= 0.6 is 0 Å².